The smallest absolute Gasteiger partial charge is 0.410 e. The minimum Gasteiger partial charge on any atom is -0.483 e. The average molecular weight is 546 g/mol. The lowest BCUT2D eigenvalue weighted by atomic mass is 9.98. The molecule has 4 heterocycles. The summed E-state index contributed by atoms with van der Waals surface area (Å²) in [5.74, 6) is 1.82. The molecule has 212 valence electrons. The largest absolute Gasteiger partial charge is 0.483 e. The van der Waals surface area contributed by atoms with Crippen LogP contribution in [0, 0.1) is 6.92 Å². The maximum absolute atomic E-state index is 12.4. The molecule has 3 aromatic rings. The molecule has 1 amide bonds. The van der Waals surface area contributed by atoms with E-state index < -0.39 is 5.60 Å². The van der Waals surface area contributed by atoms with Crippen molar-refractivity contribution in [2.75, 3.05) is 57.4 Å². The number of amides is 1. The van der Waals surface area contributed by atoms with Crippen LogP contribution in [0.2, 0.25) is 0 Å². The van der Waals surface area contributed by atoms with E-state index in [-0.39, 0.29) is 6.09 Å². The van der Waals surface area contributed by atoms with Crippen molar-refractivity contribution in [3.63, 3.8) is 0 Å². The molecule has 0 bridgehead atoms. The molecule has 9 heteroatoms. The van der Waals surface area contributed by atoms with Gasteiger partial charge in [0.2, 0.25) is 0 Å². The Bertz CT molecular complexity index is 1380. The number of morpholine rings is 1. The summed E-state index contributed by atoms with van der Waals surface area (Å²) in [6.07, 6.45) is 1.92. The lowest BCUT2D eigenvalue weighted by Crippen LogP contribution is -2.50. The Hall–Kier alpha value is -3.56. The van der Waals surface area contributed by atoms with E-state index in [1.165, 1.54) is 16.8 Å². The van der Waals surface area contributed by atoms with Gasteiger partial charge in [-0.2, -0.15) is 0 Å². The van der Waals surface area contributed by atoms with Crippen LogP contribution in [0.1, 0.15) is 37.9 Å². The van der Waals surface area contributed by atoms with Gasteiger partial charge in [0.1, 0.15) is 18.0 Å². The normalized spacial score (nSPS) is 17.7. The highest BCUT2D eigenvalue weighted by atomic mass is 16.6. The van der Waals surface area contributed by atoms with Gasteiger partial charge in [0.05, 0.1) is 24.6 Å². The summed E-state index contributed by atoms with van der Waals surface area (Å²) in [7, 11) is 0. The number of piperazine rings is 1. The van der Waals surface area contributed by atoms with Crippen molar-refractivity contribution in [2.24, 2.45) is 0 Å². The fourth-order valence-electron chi connectivity index (χ4n) is 5.63. The molecule has 2 aromatic carbocycles. The van der Waals surface area contributed by atoms with E-state index in [4.69, 9.17) is 19.2 Å². The second kappa shape index (κ2) is 10.8. The Morgan fingerprint density at radius 3 is 2.50 bits per heavy atom. The molecule has 0 aliphatic carbocycles. The molecule has 0 radical (unpaired) electrons. The third-order valence-corrected chi connectivity index (χ3v) is 7.71. The van der Waals surface area contributed by atoms with Gasteiger partial charge in [0.15, 0.2) is 5.82 Å². The molecular formula is C31H39N5O4. The van der Waals surface area contributed by atoms with E-state index in [2.05, 4.69) is 63.9 Å². The molecule has 0 N–H and O–H groups in total. The predicted molar refractivity (Wildman–Crippen MR) is 154 cm³/mol. The molecular weight excluding hydrogens is 506 g/mol. The van der Waals surface area contributed by atoms with E-state index >= 15 is 0 Å². The number of aromatic nitrogens is 2. The number of hydrogen-bond acceptors (Lipinski definition) is 7. The Morgan fingerprint density at radius 2 is 1.77 bits per heavy atom. The lowest BCUT2D eigenvalue weighted by Gasteiger charge is -2.37. The number of rotatable bonds is 4. The van der Waals surface area contributed by atoms with Gasteiger partial charge >= 0.3 is 6.09 Å². The molecule has 9 nitrogen and oxygen atoms in total. The van der Waals surface area contributed by atoms with E-state index in [1.54, 1.807) is 4.90 Å². The number of imidazole rings is 1. The van der Waals surface area contributed by atoms with Crippen LogP contribution in [-0.4, -0.2) is 83.5 Å². The van der Waals surface area contributed by atoms with E-state index in [0.29, 0.717) is 19.7 Å². The highest BCUT2D eigenvalue weighted by Crippen LogP contribution is 2.36. The molecule has 2 saturated heterocycles. The van der Waals surface area contributed by atoms with Crippen molar-refractivity contribution in [3.8, 4) is 22.6 Å². The zero-order chi connectivity index (χ0) is 27.9. The van der Waals surface area contributed by atoms with E-state index in [1.807, 2.05) is 20.8 Å². The van der Waals surface area contributed by atoms with Crippen LogP contribution in [0.15, 0.2) is 42.6 Å². The number of nitrogens with zero attached hydrogens (tertiary/aromatic N) is 5. The Kier molecular flexibility index (Phi) is 7.18. The third-order valence-electron chi connectivity index (χ3n) is 7.71. The summed E-state index contributed by atoms with van der Waals surface area (Å²) in [6, 6.07) is 13.1. The first-order valence-corrected chi connectivity index (χ1v) is 14.2. The summed E-state index contributed by atoms with van der Waals surface area (Å²) in [5, 5.41) is 0. The van der Waals surface area contributed by atoms with Crippen molar-refractivity contribution in [2.45, 2.75) is 46.4 Å². The SMILES string of the molecule is Cc1cc(N2CCN(C(=O)OC(C)(C)C)CC2)ccc1-c1ccc2c(c1)OCc1nc(CN3CCOCC3)cn1-2. The van der Waals surface area contributed by atoms with Crippen molar-refractivity contribution in [1.29, 1.82) is 0 Å². The van der Waals surface area contributed by atoms with Gasteiger partial charge in [-0.05, 0) is 68.7 Å². The Balaban J connectivity index is 1.14. The van der Waals surface area contributed by atoms with Gasteiger partial charge < -0.3 is 24.0 Å². The highest BCUT2D eigenvalue weighted by molar-refractivity contribution is 5.74. The van der Waals surface area contributed by atoms with Gasteiger partial charge in [-0.3, -0.25) is 9.47 Å². The van der Waals surface area contributed by atoms with Gasteiger partial charge in [-0.1, -0.05) is 12.1 Å². The first kappa shape index (κ1) is 26.7. The summed E-state index contributed by atoms with van der Waals surface area (Å²) < 4.78 is 19.4. The van der Waals surface area contributed by atoms with Crippen LogP contribution in [0.3, 0.4) is 0 Å². The Morgan fingerprint density at radius 1 is 1.00 bits per heavy atom. The van der Waals surface area contributed by atoms with E-state index in [0.717, 1.165) is 74.5 Å². The van der Waals surface area contributed by atoms with E-state index in [9.17, 15) is 4.79 Å². The Labute approximate surface area is 236 Å². The molecule has 3 aliphatic rings. The van der Waals surface area contributed by atoms with Gasteiger partial charge in [0, 0.05) is 57.7 Å². The lowest BCUT2D eigenvalue weighted by molar-refractivity contribution is 0.0240. The topological polar surface area (TPSA) is 72.3 Å². The van der Waals surface area contributed by atoms with Crippen LogP contribution in [0.25, 0.3) is 16.8 Å². The molecule has 1 aromatic heterocycles. The fourth-order valence-corrected chi connectivity index (χ4v) is 5.63. The summed E-state index contributed by atoms with van der Waals surface area (Å²) in [4.78, 5) is 23.8. The number of benzene rings is 2. The number of ether oxygens (including phenoxy) is 3. The number of anilines is 1. The zero-order valence-electron chi connectivity index (χ0n) is 24.0. The summed E-state index contributed by atoms with van der Waals surface area (Å²) in [6.45, 7) is 15.5. The second-order valence-electron chi connectivity index (χ2n) is 11.8. The third kappa shape index (κ3) is 5.67. The summed E-state index contributed by atoms with van der Waals surface area (Å²) >= 11 is 0. The second-order valence-corrected chi connectivity index (χ2v) is 11.8. The van der Waals surface area contributed by atoms with Crippen molar-refractivity contribution >= 4 is 11.8 Å². The molecule has 3 aliphatic heterocycles. The average Bonchev–Trinajstić information content (AvgIpc) is 3.35. The number of fused-ring (bicyclic) bond motifs is 3. The first-order valence-electron chi connectivity index (χ1n) is 14.2. The monoisotopic (exact) mass is 545 g/mol. The maximum Gasteiger partial charge on any atom is 0.410 e. The van der Waals surface area contributed by atoms with Crippen molar-refractivity contribution in [1.82, 2.24) is 19.4 Å². The highest BCUT2D eigenvalue weighted by Gasteiger charge is 2.26. The molecule has 0 atom stereocenters. The molecule has 40 heavy (non-hydrogen) atoms. The maximum atomic E-state index is 12.4. The van der Waals surface area contributed by atoms with Crippen LogP contribution in [-0.2, 0) is 22.6 Å². The van der Waals surface area contributed by atoms with Crippen molar-refractivity contribution < 1.29 is 19.0 Å². The van der Waals surface area contributed by atoms with Gasteiger partial charge in [0.25, 0.3) is 0 Å². The van der Waals surface area contributed by atoms with Gasteiger partial charge in [-0.15, -0.1) is 0 Å². The number of aryl methyl sites for hydroxylation is 1. The fraction of sp³-hybridized carbons (Fsp3) is 0.484. The van der Waals surface area contributed by atoms with Crippen molar-refractivity contribution in [3.05, 3.63) is 59.7 Å². The van der Waals surface area contributed by atoms with Crippen LogP contribution < -0.4 is 9.64 Å². The summed E-state index contributed by atoms with van der Waals surface area (Å²) in [5.41, 5.74) is 6.32. The van der Waals surface area contributed by atoms with Crippen LogP contribution in [0.5, 0.6) is 5.75 Å². The number of hydrogen-bond donors (Lipinski definition) is 0. The van der Waals surface area contributed by atoms with Crippen LogP contribution in [0.4, 0.5) is 10.5 Å². The molecule has 0 saturated carbocycles. The minimum absolute atomic E-state index is 0.232. The quantitative estimate of drug-likeness (QED) is 0.473. The standard InChI is InChI=1S/C31H39N5O4/c1-22-17-25(34-9-11-35(12-10-34)30(37)40-31(2,3)4)6-7-26(22)23-5-8-27-28(18-23)39-21-29-32-24(20-36(27)29)19-33-13-15-38-16-14-33/h5-8,17-18,20H,9-16,19,21H2,1-4H3. The van der Waals surface area contributed by atoms with Crippen LogP contribution >= 0.6 is 0 Å². The molecule has 2 fully saturated rings. The zero-order valence-corrected chi connectivity index (χ0v) is 24.0. The molecule has 6 rings (SSSR count). The number of carbonyl (C=O) groups excluding carboxylic acids is 1. The molecule has 0 unspecified atom stereocenters. The molecule has 0 spiro atoms. The number of carbonyl (C=O) groups is 1. The predicted octanol–water partition coefficient (Wildman–Crippen LogP) is 4.63. The van der Waals surface area contributed by atoms with Gasteiger partial charge in [-0.25, -0.2) is 9.78 Å². The minimum atomic E-state index is -0.476. The first-order chi connectivity index (χ1) is 19.2.